The first-order valence-electron chi connectivity index (χ1n) is 20.4. The van der Waals surface area contributed by atoms with Crippen LogP contribution in [0, 0.1) is 11.8 Å². The summed E-state index contributed by atoms with van der Waals surface area (Å²) in [4.78, 5) is 76.8. The highest BCUT2D eigenvalue weighted by Gasteiger charge is 2.53. The first-order valence-corrected chi connectivity index (χ1v) is 20.4. The van der Waals surface area contributed by atoms with E-state index in [1.54, 1.807) is 16.0 Å². The van der Waals surface area contributed by atoms with Crippen LogP contribution in [0.2, 0.25) is 0 Å². The summed E-state index contributed by atoms with van der Waals surface area (Å²) in [5.41, 5.74) is 5.78. The molecular weight excluding hydrogens is 771 g/mol. The van der Waals surface area contributed by atoms with E-state index in [4.69, 9.17) is 28.9 Å². The fourth-order valence-corrected chi connectivity index (χ4v) is 8.55. The SMILES string of the molecule is COC(=O)N[C@H](C(=O)N1CCC[C@H]1c1ncc(-c2ccc3cc(-c4ccc5nc([C@@H]6CC7(CN6C(=O)[C@@H](NC(=O)OC)C(C)C)OCCO7)[nH]c5c4)ccc3n2)[nH]1)C(C)C. The number of nitrogens with zero attached hydrogens (tertiary/aromatic N) is 5. The number of carbonyl (C=O) groups is 4. The van der Waals surface area contributed by atoms with Crippen LogP contribution in [0.15, 0.2) is 54.7 Å². The van der Waals surface area contributed by atoms with Crippen molar-refractivity contribution in [3.05, 3.63) is 66.4 Å². The number of amides is 4. The molecule has 0 saturated carbocycles. The van der Waals surface area contributed by atoms with E-state index in [0.29, 0.717) is 37.8 Å². The van der Waals surface area contributed by atoms with Crippen molar-refractivity contribution in [2.45, 2.75) is 76.9 Å². The quantitative estimate of drug-likeness (QED) is 0.136. The Balaban J connectivity index is 1.01. The lowest BCUT2D eigenvalue weighted by Gasteiger charge is -2.30. The van der Waals surface area contributed by atoms with Gasteiger partial charge in [-0.25, -0.2) is 24.5 Å². The summed E-state index contributed by atoms with van der Waals surface area (Å²) < 4.78 is 21.7. The van der Waals surface area contributed by atoms with Crippen molar-refractivity contribution in [1.82, 2.24) is 45.4 Å². The Morgan fingerprint density at radius 2 is 1.43 bits per heavy atom. The lowest BCUT2D eigenvalue weighted by atomic mass is 10.0. The Morgan fingerprint density at radius 3 is 2.10 bits per heavy atom. The monoisotopic (exact) mass is 821 g/mol. The van der Waals surface area contributed by atoms with E-state index in [0.717, 1.165) is 57.3 Å². The Labute approximate surface area is 346 Å². The number of H-pyrrole nitrogens is 2. The number of methoxy groups -OCH3 is 2. The van der Waals surface area contributed by atoms with Crippen molar-refractivity contribution in [2.24, 2.45) is 11.8 Å². The standard InChI is InChI=1S/C43H51N9O8/c1-23(2)35(49-41(55)57-5)39(53)51-15-7-8-33(51)37-44-21-32(48-37)30-14-11-27-18-25(9-12-28(27)45-30)26-10-13-29-31(19-26)47-38(46-29)34-20-43(59-16-17-60-43)22-52(34)40(54)36(24(3)4)50-42(56)58-6/h9-14,18-19,21,23-24,33-36H,7-8,15-17,20,22H2,1-6H3,(H,44,48)(H,46,47)(H,49,55)(H,50,56)/t33-,34-,35-,36-/m0/s1. The molecule has 4 N–H and O–H groups in total. The van der Waals surface area contributed by atoms with Gasteiger partial charge in [0.2, 0.25) is 11.8 Å². The topological polar surface area (TPSA) is 206 Å². The average molecular weight is 822 g/mol. The minimum absolute atomic E-state index is 0.126. The van der Waals surface area contributed by atoms with Crippen molar-refractivity contribution in [2.75, 3.05) is 40.5 Å². The highest BCUT2D eigenvalue weighted by atomic mass is 16.7. The first-order chi connectivity index (χ1) is 28.9. The number of imidazole rings is 2. The molecule has 3 aliphatic heterocycles. The molecule has 6 heterocycles. The van der Waals surface area contributed by atoms with Gasteiger partial charge in [-0.15, -0.1) is 0 Å². The predicted octanol–water partition coefficient (Wildman–Crippen LogP) is 5.61. The van der Waals surface area contributed by atoms with E-state index in [-0.39, 0.29) is 36.2 Å². The minimum Gasteiger partial charge on any atom is -0.453 e. The number of aromatic nitrogens is 5. The van der Waals surface area contributed by atoms with E-state index in [9.17, 15) is 19.2 Å². The first kappa shape index (κ1) is 40.7. The second-order valence-corrected chi connectivity index (χ2v) is 16.3. The van der Waals surface area contributed by atoms with Gasteiger partial charge in [-0.3, -0.25) is 9.59 Å². The molecule has 4 amide bonds. The van der Waals surface area contributed by atoms with Gasteiger partial charge in [-0.1, -0.05) is 45.9 Å². The third-order valence-corrected chi connectivity index (χ3v) is 11.7. The average Bonchev–Trinajstić information content (AvgIpc) is 4.11. The van der Waals surface area contributed by atoms with Crippen molar-refractivity contribution in [3.63, 3.8) is 0 Å². The Morgan fingerprint density at radius 1 is 0.783 bits per heavy atom. The second-order valence-electron chi connectivity index (χ2n) is 16.3. The van der Waals surface area contributed by atoms with E-state index in [1.807, 2.05) is 70.2 Å². The summed E-state index contributed by atoms with van der Waals surface area (Å²) in [7, 11) is 2.55. The molecule has 0 radical (unpaired) electrons. The zero-order chi connectivity index (χ0) is 42.3. The lowest BCUT2D eigenvalue weighted by Crippen LogP contribution is -2.52. The van der Waals surface area contributed by atoms with Gasteiger partial charge in [0.1, 0.15) is 23.7 Å². The van der Waals surface area contributed by atoms with Gasteiger partial charge < -0.3 is 49.3 Å². The smallest absolute Gasteiger partial charge is 0.407 e. The number of fused-ring (bicyclic) bond motifs is 2. The number of ether oxygens (including phenoxy) is 4. The Kier molecular flexibility index (Phi) is 11.2. The zero-order valence-corrected chi connectivity index (χ0v) is 34.6. The summed E-state index contributed by atoms with van der Waals surface area (Å²) >= 11 is 0. The van der Waals surface area contributed by atoms with Crippen LogP contribution in [0.1, 0.15) is 70.7 Å². The fraction of sp³-hybridized carbons (Fsp3) is 0.465. The van der Waals surface area contributed by atoms with Crippen LogP contribution in [0.25, 0.3) is 44.5 Å². The Bertz CT molecular complexity index is 2420. The number of nitrogens with one attached hydrogen (secondary N) is 4. The number of hydrogen-bond acceptors (Lipinski definition) is 11. The van der Waals surface area contributed by atoms with Crippen LogP contribution < -0.4 is 10.6 Å². The van der Waals surface area contributed by atoms with Crippen LogP contribution in [0.3, 0.4) is 0 Å². The molecule has 17 nitrogen and oxygen atoms in total. The van der Waals surface area contributed by atoms with Crippen LogP contribution in [-0.4, -0.2) is 117 Å². The molecule has 4 atom stereocenters. The molecule has 0 unspecified atom stereocenters. The molecule has 17 heteroatoms. The number of aromatic amines is 2. The number of pyridine rings is 1. The molecular formula is C43H51N9O8. The number of carbonyl (C=O) groups excluding carboxylic acids is 4. The minimum atomic E-state index is -0.948. The van der Waals surface area contributed by atoms with Crippen LogP contribution >= 0.6 is 0 Å². The predicted molar refractivity (Wildman–Crippen MR) is 220 cm³/mol. The zero-order valence-electron chi connectivity index (χ0n) is 34.6. The van der Waals surface area contributed by atoms with Gasteiger partial charge in [-0.2, -0.15) is 0 Å². The van der Waals surface area contributed by atoms with Gasteiger partial charge >= 0.3 is 12.2 Å². The molecule has 0 bridgehead atoms. The number of alkyl carbamates (subject to hydrolysis) is 2. The number of benzene rings is 2. The maximum absolute atomic E-state index is 14.1. The summed E-state index contributed by atoms with van der Waals surface area (Å²) in [5.74, 6) is -0.426. The van der Waals surface area contributed by atoms with E-state index in [1.165, 1.54) is 14.2 Å². The fourth-order valence-electron chi connectivity index (χ4n) is 8.55. The molecule has 5 aromatic rings. The van der Waals surface area contributed by atoms with Crippen molar-refractivity contribution >= 4 is 45.9 Å². The summed E-state index contributed by atoms with van der Waals surface area (Å²) in [6.07, 6.45) is 2.39. The molecule has 0 aliphatic carbocycles. The largest absolute Gasteiger partial charge is 0.453 e. The van der Waals surface area contributed by atoms with Gasteiger partial charge in [0, 0.05) is 18.4 Å². The molecule has 3 aromatic heterocycles. The third kappa shape index (κ3) is 7.86. The highest BCUT2D eigenvalue weighted by molar-refractivity contribution is 5.90. The third-order valence-electron chi connectivity index (χ3n) is 11.7. The Hall–Kier alpha value is -6.07. The van der Waals surface area contributed by atoms with Gasteiger partial charge in [-0.05, 0) is 66.1 Å². The van der Waals surface area contributed by atoms with E-state index < -0.39 is 36.1 Å². The summed E-state index contributed by atoms with van der Waals surface area (Å²) in [6, 6.07) is 13.8. The van der Waals surface area contributed by atoms with Crippen LogP contribution in [0.4, 0.5) is 9.59 Å². The van der Waals surface area contributed by atoms with Crippen molar-refractivity contribution in [1.29, 1.82) is 0 Å². The lowest BCUT2D eigenvalue weighted by molar-refractivity contribution is -0.153. The number of rotatable bonds is 10. The summed E-state index contributed by atoms with van der Waals surface area (Å²) in [5, 5.41) is 6.34. The number of likely N-dealkylation sites (tertiary alicyclic amines) is 2. The van der Waals surface area contributed by atoms with E-state index in [2.05, 4.69) is 31.7 Å². The van der Waals surface area contributed by atoms with Crippen molar-refractivity contribution < 1.29 is 38.1 Å². The molecule has 60 heavy (non-hydrogen) atoms. The summed E-state index contributed by atoms with van der Waals surface area (Å²) in [6.45, 7) is 9.16. The molecule has 3 saturated heterocycles. The normalized spacial score (nSPS) is 19.7. The van der Waals surface area contributed by atoms with Gasteiger partial charge in [0.25, 0.3) is 0 Å². The van der Waals surface area contributed by atoms with Gasteiger partial charge in [0.05, 0.1) is 80.2 Å². The maximum atomic E-state index is 14.1. The highest BCUT2D eigenvalue weighted by Crippen LogP contribution is 2.43. The second kappa shape index (κ2) is 16.5. The van der Waals surface area contributed by atoms with E-state index >= 15 is 0 Å². The molecule has 1 spiro atoms. The van der Waals surface area contributed by atoms with Crippen molar-refractivity contribution in [3.8, 4) is 22.5 Å². The molecule has 316 valence electrons. The van der Waals surface area contributed by atoms with Crippen LogP contribution in [0.5, 0.6) is 0 Å². The van der Waals surface area contributed by atoms with Gasteiger partial charge in [0.15, 0.2) is 5.79 Å². The maximum Gasteiger partial charge on any atom is 0.407 e. The molecule has 8 rings (SSSR count). The van der Waals surface area contributed by atoms with Crippen LogP contribution in [-0.2, 0) is 28.5 Å². The number of hydrogen-bond donors (Lipinski definition) is 4. The molecule has 2 aromatic carbocycles. The molecule has 3 fully saturated rings. The molecule has 3 aliphatic rings.